The van der Waals surface area contributed by atoms with Crippen LogP contribution < -0.4 is 0 Å². The summed E-state index contributed by atoms with van der Waals surface area (Å²) in [5, 5.41) is 9.39. The first kappa shape index (κ1) is 12.1. The molecule has 0 unspecified atom stereocenters. The molecule has 1 heterocycles. The molecule has 0 bridgehead atoms. The van der Waals surface area contributed by atoms with Crippen LogP contribution in [-0.4, -0.2) is 16.1 Å². The maximum absolute atomic E-state index is 11.4. The topological polar surface area (TPSA) is 50.2 Å². The third kappa shape index (κ3) is 1.79. The van der Waals surface area contributed by atoms with Crippen molar-refractivity contribution >= 4 is 21.9 Å². The molecule has 2 aromatic rings. The summed E-state index contributed by atoms with van der Waals surface area (Å²) in [4.78, 5) is 16.1. The molecule has 0 amide bonds. The molecule has 1 aromatic carbocycles. The zero-order valence-corrected chi connectivity index (χ0v) is 12.3. The molecule has 0 atom stereocenters. The average Bonchev–Trinajstić information content (AvgIpc) is 3.18. The number of carbonyl (C=O) groups is 1. The summed E-state index contributed by atoms with van der Waals surface area (Å²) in [6, 6.07) is 7.99. The van der Waals surface area contributed by atoms with Crippen LogP contribution in [0.4, 0.5) is 0 Å². The molecule has 1 aromatic heterocycles. The Labute approximate surface area is 124 Å². The van der Waals surface area contributed by atoms with Crippen molar-refractivity contribution in [3.8, 4) is 11.3 Å². The summed E-state index contributed by atoms with van der Waals surface area (Å²) < 4.78 is 1.05. The van der Waals surface area contributed by atoms with Crippen LogP contribution in [0.2, 0.25) is 0 Å². The number of fused-ring (bicyclic) bond motifs is 3. The fourth-order valence-electron chi connectivity index (χ4n) is 2.92. The molecule has 4 heteroatoms. The molecular formula is C16H12BrNO2. The van der Waals surface area contributed by atoms with Gasteiger partial charge in [-0.2, -0.15) is 0 Å². The molecule has 100 valence electrons. The Kier molecular flexibility index (Phi) is 2.51. The molecule has 3 nitrogen and oxygen atoms in total. The molecule has 2 aliphatic rings. The van der Waals surface area contributed by atoms with Crippen LogP contribution >= 0.6 is 15.9 Å². The van der Waals surface area contributed by atoms with Gasteiger partial charge in [-0.1, -0.05) is 22.0 Å². The second-order valence-electron chi connectivity index (χ2n) is 5.49. The first-order chi connectivity index (χ1) is 9.63. The number of pyridine rings is 1. The van der Waals surface area contributed by atoms with Crippen molar-refractivity contribution in [2.75, 3.05) is 0 Å². The highest BCUT2D eigenvalue weighted by molar-refractivity contribution is 9.10. The Morgan fingerprint density at radius 2 is 2.05 bits per heavy atom. The Bertz CT molecular complexity index is 750. The number of carboxylic acid groups (broad SMARTS) is 1. The van der Waals surface area contributed by atoms with Crippen LogP contribution in [-0.2, 0) is 6.42 Å². The lowest BCUT2D eigenvalue weighted by Crippen LogP contribution is -2.06. The van der Waals surface area contributed by atoms with Gasteiger partial charge >= 0.3 is 5.97 Å². The van der Waals surface area contributed by atoms with Crippen LogP contribution in [0.5, 0.6) is 0 Å². The lowest BCUT2D eigenvalue weighted by molar-refractivity contribution is 0.0695. The number of aromatic nitrogens is 1. The third-order valence-electron chi connectivity index (χ3n) is 4.03. The van der Waals surface area contributed by atoms with Crippen molar-refractivity contribution in [2.45, 2.75) is 25.2 Å². The first-order valence-electron chi connectivity index (χ1n) is 6.69. The zero-order chi connectivity index (χ0) is 13.9. The molecule has 20 heavy (non-hydrogen) atoms. The molecular weight excluding hydrogens is 318 g/mol. The van der Waals surface area contributed by atoms with E-state index in [-0.39, 0.29) is 0 Å². The number of hydrogen-bond acceptors (Lipinski definition) is 2. The van der Waals surface area contributed by atoms with Crippen LogP contribution in [0, 0.1) is 0 Å². The van der Waals surface area contributed by atoms with E-state index >= 15 is 0 Å². The molecule has 1 saturated carbocycles. The summed E-state index contributed by atoms with van der Waals surface area (Å²) >= 11 is 3.48. The summed E-state index contributed by atoms with van der Waals surface area (Å²) in [6.45, 7) is 0. The molecule has 0 saturated heterocycles. The number of carboxylic acids is 1. The van der Waals surface area contributed by atoms with Crippen molar-refractivity contribution < 1.29 is 9.90 Å². The van der Waals surface area contributed by atoms with Crippen LogP contribution in [0.15, 0.2) is 28.7 Å². The highest BCUT2D eigenvalue weighted by Gasteiger charge is 2.32. The van der Waals surface area contributed by atoms with Gasteiger partial charge in [0.15, 0.2) is 0 Å². The minimum Gasteiger partial charge on any atom is -0.478 e. The highest BCUT2D eigenvalue weighted by atomic mass is 79.9. The molecule has 1 N–H and O–H groups in total. The summed E-state index contributed by atoms with van der Waals surface area (Å²) in [5.74, 6) is -0.523. The Hall–Kier alpha value is -1.68. The van der Waals surface area contributed by atoms with E-state index in [2.05, 4.69) is 28.1 Å². The molecule has 0 aliphatic heterocycles. The van der Waals surface area contributed by atoms with Gasteiger partial charge in [0.1, 0.15) is 0 Å². The van der Waals surface area contributed by atoms with Gasteiger partial charge in [-0.25, -0.2) is 4.79 Å². The van der Waals surface area contributed by atoms with Crippen molar-refractivity contribution in [1.82, 2.24) is 4.98 Å². The number of nitrogens with zero attached hydrogens (tertiary/aromatic N) is 1. The minimum absolute atomic E-state index is 0.339. The average molecular weight is 330 g/mol. The van der Waals surface area contributed by atoms with Crippen LogP contribution in [0.1, 0.15) is 45.9 Å². The normalized spacial score (nSPS) is 15.8. The zero-order valence-electron chi connectivity index (χ0n) is 10.7. The fraction of sp³-hybridized carbons (Fsp3) is 0.250. The van der Waals surface area contributed by atoms with Crippen molar-refractivity contribution in [3.05, 3.63) is 51.1 Å². The Balaban J connectivity index is 1.92. The first-order valence-corrected chi connectivity index (χ1v) is 7.48. The van der Waals surface area contributed by atoms with E-state index in [0.717, 1.165) is 46.2 Å². The number of aromatic carboxylic acids is 1. The smallest absolute Gasteiger partial charge is 0.337 e. The standard InChI is InChI=1S/C16H12BrNO2/c17-11-3-4-12-9(6-11)5-10-7-13(16(19)20)14(8-1-2-8)18-15(10)12/h3-4,6-8H,1-2,5H2,(H,19,20). The second kappa shape index (κ2) is 4.16. The van der Waals surface area contributed by atoms with Crippen molar-refractivity contribution in [3.63, 3.8) is 0 Å². The fourth-order valence-corrected chi connectivity index (χ4v) is 3.33. The number of rotatable bonds is 2. The van der Waals surface area contributed by atoms with E-state index < -0.39 is 5.97 Å². The van der Waals surface area contributed by atoms with E-state index in [4.69, 9.17) is 4.98 Å². The maximum Gasteiger partial charge on any atom is 0.337 e. The van der Waals surface area contributed by atoms with E-state index in [0.29, 0.717) is 11.5 Å². The van der Waals surface area contributed by atoms with Crippen molar-refractivity contribution in [1.29, 1.82) is 0 Å². The van der Waals surface area contributed by atoms with E-state index in [1.165, 1.54) is 5.56 Å². The van der Waals surface area contributed by atoms with Gasteiger partial charge in [0.25, 0.3) is 0 Å². The van der Waals surface area contributed by atoms with Crippen molar-refractivity contribution in [2.24, 2.45) is 0 Å². The van der Waals surface area contributed by atoms with Crippen LogP contribution in [0.3, 0.4) is 0 Å². The van der Waals surface area contributed by atoms with Crippen LogP contribution in [0.25, 0.3) is 11.3 Å². The molecule has 1 fully saturated rings. The lowest BCUT2D eigenvalue weighted by Gasteiger charge is -2.08. The second-order valence-corrected chi connectivity index (χ2v) is 6.40. The van der Waals surface area contributed by atoms with Gasteiger partial charge < -0.3 is 5.11 Å². The summed E-state index contributed by atoms with van der Waals surface area (Å²) in [5.41, 5.74) is 5.51. The van der Waals surface area contributed by atoms with E-state index in [1.807, 2.05) is 12.1 Å². The molecule has 2 aliphatic carbocycles. The number of halogens is 1. The minimum atomic E-state index is -0.862. The van der Waals surface area contributed by atoms with Gasteiger partial charge in [-0.05, 0) is 42.2 Å². The summed E-state index contributed by atoms with van der Waals surface area (Å²) in [6.07, 6.45) is 2.88. The largest absolute Gasteiger partial charge is 0.478 e. The van der Waals surface area contributed by atoms with Gasteiger partial charge in [0, 0.05) is 22.4 Å². The Morgan fingerprint density at radius 3 is 2.75 bits per heavy atom. The predicted molar refractivity (Wildman–Crippen MR) is 79.1 cm³/mol. The van der Waals surface area contributed by atoms with Gasteiger partial charge in [0.05, 0.1) is 17.0 Å². The van der Waals surface area contributed by atoms with Gasteiger partial charge in [-0.3, -0.25) is 4.98 Å². The molecule has 4 rings (SSSR count). The maximum atomic E-state index is 11.4. The molecule has 0 radical (unpaired) electrons. The number of benzene rings is 1. The quantitative estimate of drug-likeness (QED) is 0.773. The van der Waals surface area contributed by atoms with E-state index in [9.17, 15) is 9.90 Å². The highest BCUT2D eigenvalue weighted by Crippen LogP contribution is 2.44. The monoisotopic (exact) mass is 329 g/mol. The van der Waals surface area contributed by atoms with Gasteiger partial charge in [0.2, 0.25) is 0 Å². The van der Waals surface area contributed by atoms with E-state index in [1.54, 1.807) is 0 Å². The third-order valence-corrected chi connectivity index (χ3v) is 4.52. The summed E-state index contributed by atoms with van der Waals surface area (Å²) in [7, 11) is 0. The Morgan fingerprint density at radius 1 is 1.25 bits per heavy atom. The predicted octanol–water partition coefficient (Wildman–Crippen LogP) is 3.99. The van der Waals surface area contributed by atoms with Gasteiger partial charge in [-0.15, -0.1) is 0 Å². The lowest BCUT2D eigenvalue weighted by atomic mass is 10.0. The SMILES string of the molecule is O=C(O)c1cc2c(nc1C1CC1)-c1ccc(Br)cc1C2. The number of hydrogen-bond donors (Lipinski definition) is 1. The molecule has 0 spiro atoms.